The van der Waals surface area contributed by atoms with E-state index in [0.29, 0.717) is 4.90 Å². The number of rotatable bonds is 2. The largest absolute Gasteiger partial charge is 0.505 e. The van der Waals surface area contributed by atoms with Crippen molar-refractivity contribution in [1.82, 2.24) is 0 Å². The lowest BCUT2D eigenvalue weighted by molar-refractivity contribution is -0.388. The number of carbonyl (C=O) groups excluding carboxylic acids is 2. The Bertz CT molecular complexity index is 904. The van der Waals surface area contributed by atoms with Crippen LogP contribution in [0.2, 0.25) is 0 Å². The van der Waals surface area contributed by atoms with Gasteiger partial charge in [-0.2, -0.15) is 13.2 Å². The first-order chi connectivity index (χ1) is 11.6. The number of anilines is 1. The molecule has 0 unspecified atom stereocenters. The second-order valence-corrected chi connectivity index (χ2v) is 5.10. The number of hydrogen-bond acceptors (Lipinski definition) is 5. The first kappa shape index (κ1) is 16.4. The lowest BCUT2D eigenvalue weighted by Crippen LogP contribution is -2.30. The van der Waals surface area contributed by atoms with Crippen molar-refractivity contribution in [1.29, 1.82) is 0 Å². The number of imide groups is 1. The molecule has 25 heavy (non-hydrogen) atoms. The minimum atomic E-state index is -5.12. The Morgan fingerprint density at radius 1 is 1.04 bits per heavy atom. The minimum absolute atomic E-state index is 0.0428. The summed E-state index contributed by atoms with van der Waals surface area (Å²) in [6.07, 6.45) is -5.12. The first-order valence-electron chi connectivity index (χ1n) is 6.69. The van der Waals surface area contributed by atoms with E-state index in [-0.39, 0.29) is 23.3 Å². The van der Waals surface area contributed by atoms with E-state index in [0.717, 1.165) is 0 Å². The number of alkyl halides is 3. The molecule has 7 nitrogen and oxygen atoms in total. The van der Waals surface area contributed by atoms with Crippen LogP contribution in [0.3, 0.4) is 0 Å². The van der Waals surface area contributed by atoms with Gasteiger partial charge in [0.15, 0.2) is 0 Å². The molecule has 2 amide bonds. The van der Waals surface area contributed by atoms with Crippen LogP contribution >= 0.6 is 0 Å². The number of benzene rings is 2. The van der Waals surface area contributed by atoms with E-state index >= 15 is 0 Å². The highest BCUT2D eigenvalue weighted by Crippen LogP contribution is 2.44. The number of aromatic hydroxyl groups is 1. The van der Waals surface area contributed by atoms with Gasteiger partial charge < -0.3 is 5.11 Å². The number of hydrogen-bond donors (Lipinski definition) is 1. The van der Waals surface area contributed by atoms with Gasteiger partial charge in [-0.3, -0.25) is 19.7 Å². The number of nitrogens with zero attached hydrogens (tertiary/aromatic N) is 2. The fourth-order valence-electron chi connectivity index (χ4n) is 2.53. The molecule has 0 saturated carbocycles. The summed E-state index contributed by atoms with van der Waals surface area (Å²) in [6.45, 7) is 0. The van der Waals surface area contributed by atoms with E-state index in [1.807, 2.05) is 0 Å². The molecular formula is C15H7F3N2O5. The summed E-state index contributed by atoms with van der Waals surface area (Å²) in [6, 6.07) is 6.02. The maximum absolute atomic E-state index is 13.1. The van der Waals surface area contributed by atoms with Crippen molar-refractivity contribution in [3.8, 4) is 5.75 Å². The van der Waals surface area contributed by atoms with Crippen molar-refractivity contribution in [2.45, 2.75) is 6.18 Å². The van der Waals surface area contributed by atoms with E-state index < -0.39 is 45.6 Å². The number of phenols is 1. The standard InChI is InChI=1S/C15H7F3N2O5/c16-15(17,18)9-5-11(12(21)6-10(9)20(24)25)19-13(22)7-3-1-2-4-8(7)14(19)23/h1-6,21H. The third kappa shape index (κ3) is 2.47. The Kier molecular flexibility index (Phi) is 3.48. The summed E-state index contributed by atoms with van der Waals surface area (Å²) in [5, 5.41) is 20.7. The second kappa shape index (κ2) is 5.30. The highest BCUT2D eigenvalue weighted by molar-refractivity contribution is 6.34. The van der Waals surface area contributed by atoms with E-state index in [1.165, 1.54) is 24.3 Å². The molecule has 0 saturated heterocycles. The number of nitro groups is 1. The van der Waals surface area contributed by atoms with Crippen molar-refractivity contribution < 1.29 is 32.8 Å². The molecule has 1 aliphatic heterocycles. The van der Waals surface area contributed by atoms with E-state index in [1.54, 1.807) is 0 Å². The van der Waals surface area contributed by atoms with Crippen LogP contribution in [0.5, 0.6) is 5.75 Å². The van der Waals surface area contributed by atoms with Crippen LogP contribution in [0.4, 0.5) is 24.5 Å². The molecule has 1 aliphatic rings. The van der Waals surface area contributed by atoms with Crippen LogP contribution in [0.15, 0.2) is 36.4 Å². The normalized spacial score (nSPS) is 14.0. The van der Waals surface area contributed by atoms with Crippen LogP contribution in [0.1, 0.15) is 26.3 Å². The fourth-order valence-corrected chi connectivity index (χ4v) is 2.53. The maximum atomic E-state index is 13.1. The zero-order chi connectivity index (χ0) is 18.5. The summed E-state index contributed by atoms with van der Waals surface area (Å²) < 4.78 is 39.3. The number of nitro benzene ring substituents is 1. The third-order valence-corrected chi connectivity index (χ3v) is 3.63. The molecule has 0 aromatic heterocycles. The van der Waals surface area contributed by atoms with Crippen LogP contribution in [0, 0.1) is 10.1 Å². The zero-order valence-electron chi connectivity index (χ0n) is 12.1. The van der Waals surface area contributed by atoms with Crippen LogP contribution in [-0.2, 0) is 6.18 Å². The molecule has 128 valence electrons. The predicted octanol–water partition coefficient (Wildman–Crippen LogP) is 3.12. The van der Waals surface area contributed by atoms with Crippen molar-refractivity contribution in [2.75, 3.05) is 4.90 Å². The lowest BCUT2D eigenvalue weighted by atomic mass is 10.1. The molecule has 2 aromatic rings. The molecule has 1 N–H and O–H groups in total. The fraction of sp³-hybridized carbons (Fsp3) is 0.0667. The van der Waals surface area contributed by atoms with Crippen molar-refractivity contribution >= 4 is 23.2 Å². The Labute approximate surface area is 137 Å². The van der Waals surface area contributed by atoms with Crippen LogP contribution in [-0.4, -0.2) is 21.8 Å². The Balaban J connectivity index is 2.21. The molecule has 1 heterocycles. The van der Waals surface area contributed by atoms with Crippen molar-refractivity contribution in [3.05, 3.63) is 63.2 Å². The van der Waals surface area contributed by atoms with Gasteiger partial charge in [0.05, 0.1) is 27.8 Å². The average molecular weight is 352 g/mol. The van der Waals surface area contributed by atoms with Gasteiger partial charge >= 0.3 is 6.18 Å². The summed E-state index contributed by atoms with van der Waals surface area (Å²) in [5.74, 6) is -2.86. The summed E-state index contributed by atoms with van der Waals surface area (Å²) in [5.41, 5.74) is -3.92. The van der Waals surface area contributed by atoms with E-state index in [2.05, 4.69) is 0 Å². The number of carbonyl (C=O) groups is 2. The number of fused-ring (bicyclic) bond motifs is 1. The first-order valence-corrected chi connectivity index (χ1v) is 6.69. The highest BCUT2D eigenvalue weighted by Gasteiger charge is 2.43. The van der Waals surface area contributed by atoms with Gasteiger partial charge in [-0.1, -0.05) is 12.1 Å². The Morgan fingerprint density at radius 3 is 2.00 bits per heavy atom. The second-order valence-electron chi connectivity index (χ2n) is 5.10. The maximum Gasteiger partial charge on any atom is 0.423 e. The summed E-state index contributed by atoms with van der Waals surface area (Å²) in [7, 11) is 0. The molecule has 0 radical (unpaired) electrons. The summed E-state index contributed by atoms with van der Waals surface area (Å²) >= 11 is 0. The molecule has 0 fully saturated rings. The smallest absolute Gasteiger partial charge is 0.423 e. The molecule has 0 atom stereocenters. The molecule has 0 bridgehead atoms. The zero-order valence-corrected chi connectivity index (χ0v) is 12.1. The number of halogens is 3. The van der Waals surface area contributed by atoms with Gasteiger partial charge in [0.25, 0.3) is 17.5 Å². The molecular weight excluding hydrogens is 345 g/mol. The number of amides is 2. The third-order valence-electron chi connectivity index (χ3n) is 3.63. The van der Waals surface area contributed by atoms with Crippen molar-refractivity contribution in [3.63, 3.8) is 0 Å². The van der Waals surface area contributed by atoms with Gasteiger partial charge in [0.2, 0.25) is 0 Å². The minimum Gasteiger partial charge on any atom is -0.505 e. The van der Waals surface area contributed by atoms with Gasteiger partial charge in [0.1, 0.15) is 11.3 Å². The number of phenolic OH excluding ortho intramolecular Hbond substituents is 1. The van der Waals surface area contributed by atoms with Gasteiger partial charge in [0, 0.05) is 0 Å². The van der Waals surface area contributed by atoms with E-state index in [9.17, 15) is 38.0 Å². The highest BCUT2D eigenvalue weighted by atomic mass is 19.4. The van der Waals surface area contributed by atoms with E-state index in [4.69, 9.17) is 0 Å². The summed E-state index contributed by atoms with van der Waals surface area (Å²) in [4.78, 5) is 34.5. The van der Waals surface area contributed by atoms with Crippen molar-refractivity contribution in [2.24, 2.45) is 0 Å². The van der Waals surface area contributed by atoms with Crippen LogP contribution in [0.25, 0.3) is 0 Å². The van der Waals surface area contributed by atoms with Gasteiger partial charge in [-0.15, -0.1) is 0 Å². The lowest BCUT2D eigenvalue weighted by Gasteiger charge is -2.17. The molecule has 3 rings (SSSR count). The Hall–Kier alpha value is -3.43. The monoisotopic (exact) mass is 352 g/mol. The molecule has 10 heteroatoms. The molecule has 2 aromatic carbocycles. The van der Waals surface area contributed by atoms with Gasteiger partial charge in [-0.25, -0.2) is 4.90 Å². The molecule has 0 aliphatic carbocycles. The topological polar surface area (TPSA) is 101 Å². The Morgan fingerprint density at radius 2 is 1.56 bits per heavy atom. The SMILES string of the molecule is O=C1c2ccccc2C(=O)N1c1cc(C(F)(F)F)c([N+](=O)[O-])cc1O. The van der Waals surface area contributed by atoms with Gasteiger partial charge in [-0.05, 0) is 18.2 Å². The average Bonchev–Trinajstić information content (AvgIpc) is 2.78. The quantitative estimate of drug-likeness (QED) is 0.508. The molecule has 0 spiro atoms. The predicted molar refractivity (Wildman–Crippen MR) is 77.3 cm³/mol. The van der Waals surface area contributed by atoms with Crippen LogP contribution < -0.4 is 4.90 Å².